The van der Waals surface area contributed by atoms with Crippen molar-refractivity contribution in [2.45, 2.75) is 19.6 Å². The third-order valence-electron chi connectivity index (χ3n) is 7.08. The van der Waals surface area contributed by atoms with Gasteiger partial charge in [0.05, 0.1) is 47.7 Å². The molecule has 0 saturated carbocycles. The normalized spacial score (nSPS) is 11.3. The van der Waals surface area contributed by atoms with E-state index in [0.29, 0.717) is 59.4 Å². The summed E-state index contributed by atoms with van der Waals surface area (Å²) in [5, 5.41) is 8.03. The molecule has 3 heterocycles. The third kappa shape index (κ3) is 5.57. The van der Waals surface area contributed by atoms with E-state index in [1.54, 1.807) is 43.6 Å². The Morgan fingerprint density at radius 2 is 1.90 bits per heavy atom. The van der Waals surface area contributed by atoms with Crippen molar-refractivity contribution in [1.82, 2.24) is 24.7 Å². The Labute approximate surface area is 240 Å². The molecule has 1 N–H and O–H groups in total. The smallest absolute Gasteiger partial charge is 0.337 e. The minimum Gasteiger partial charge on any atom is -0.473 e. The molecule has 0 amide bonds. The van der Waals surface area contributed by atoms with Gasteiger partial charge in [0, 0.05) is 37.1 Å². The Bertz CT molecular complexity index is 1900. The summed E-state index contributed by atoms with van der Waals surface area (Å²) in [7, 11) is 2.96. The van der Waals surface area contributed by atoms with Gasteiger partial charge in [0.25, 0.3) is 0 Å². The SMILES string of the molecule is COCCn1c(Cc2ccc(-c3cccc(OCc4ccc5cn[nH]c5c4)n3)cc2F)nc2ccc(C(=O)OC)cc21. The maximum atomic E-state index is 15.5. The van der Waals surface area contributed by atoms with Gasteiger partial charge in [-0.25, -0.2) is 19.2 Å². The first-order valence-corrected chi connectivity index (χ1v) is 13.4. The Morgan fingerprint density at radius 3 is 2.74 bits per heavy atom. The summed E-state index contributed by atoms with van der Waals surface area (Å²) in [6.45, 7) is 1.27. The highest BCUT2D eigenvalue weighted by molar-refractivity contribution is 5.93. The average Bonchev–Trinajstić information content (AvgIpc) is 3.63. The van der Waals surface area contributed by atoms with Gasteiger partial charge in [-0.15, -0.1) is 0 Å². The Hall–Kier alpha value is -5.09. The number of nitrogens with zero attached hydrogens (tertiary/aromatic N) is 4. The molecule has 9 nitrogen and oxygen atoms in total. The molecule has 0 aliphatic rings. The highest BCUT2D eigenvalue weighted by Crippen LogP contribution is 2.26. The van der Waals surface area contributed by atoms with E-state index in [0.717, 1.165) is 22.0 Å². The molecule has 0 atom stereocenters. The second kappa shape index (κ2) is 11.8. The first kappa shape index (κ1) is 27.1. The van der Waals surface area contributed by atoms with Crippen molar-refractivity contribution in [2.24, 2.45) is 0 Å². The summed E-state index contributed by atoms with van der Waals surface area (Å²) in [6.07, 6.45) is 2.03. The van der Waals surface area contributed by atoms with Crippen LogP contribution in [0.4, 0.5) is 4.39 Å². The van der Waals surface area contributed by atoms with Crippen molar-refractivity contribution in [1.29, 1.82) is 0 Å². The molecule has 0 fully saturated rings. The van der Waals surface area contributed by atoms with E-state index in [1.807, 2.05) is 41.0 Å². The molecule has 0 spiro atoms. The highest BCUT2D eigenvalue weighted by atomic mass is 19.1. The number of hydrogen-bond acceptors (Lipinski definition) is 7. The van der Waals surface area contributed by atoms with Crippen LogP contribution in [-0.4, -0.2) is 51.5 Å². The number of aromatic nitrogens is 5. The number of methoxy groups -OCH3 is 2. The number of imidazole rings is 1. The number of fused-ring (bicyclic) bond motifs is 2. The standard InChI is InChI=1S/C32H28FN5O4/c1-40-13-12-38-29-16-23(32(39)41-2)10-11-27(29)35-30(38)17-21-8-9-22(15-25(21)33)26-4-3-5-31(36-26)42-19-20-6-7-24-18-34-37-28(24)14-20/h3-11,14-16,18H,12-13,17,19H2,1-2H3,(H,34,37). The average molecular weight is 566 g/mol. The fourth-order valence-corrected chi connectivity index (χ4v) is 4.89. The van der Waals surface area contributed by atoms with Gasteiger partial charge in [-0.3, -0.25) is 5.10 Å². The number of nitrogens with one attached hydrogen (secondary N) is 1. The lowest BCUT2D eigenvalue weighted by Crippen LogP contribution is -2.10. The van der Waals surface area contributed by atoms with Crippen LogP contribution in [-0.2, 0) is 29.0 Å². The zero-order chi connectivity index (χ0) is 29.1. The molecule has 3 aromatic carbocycles. The van der Waals surface area contributed by atoms with Crippen molar-refractivity contribution in [3.63, 3.8) is 0 Å². The second-order valence-corrected chi connectivity index (χ2v) is 9.79. The molecule has 3 aromatic heterocycles. The van der Waals surface area contributed by atoms with Gasteiger partial charge in [-0.2, -0.15) is 5.10 Å². The van der Waals surface area contributed by atoms with E-state index in [4.69, 9.17) is 19.2 Å². The van der Waals surface area contributed by atoms with Crippen LogP contribution >= 0.6 is 0 Å². The number of rotatable bonds is 10. The number of carbonyl (C=O) groups is 1. The Morgan fingerprint density at radius 1 is 1.00 bits per heavy atom. The van der Waals surface area contributed by atoms with E-state index in [1.165, 1.54) is 13.2 Å². The van der Waals surface area contributed by atoms with Crippen LogP contribution in [0.2, 0.25) is 0 Å². The third-order valence-corrected chi connectivity index (χ3v) is 7.08. The molecular weight excluding hydrogens is 537 g/mol. The lowest BCUT2D eigenvalue weighted by Gasteiger charge is -2.11. The van der Waals surface area contributed by atoms with Gasteiger partial charge >= 0.3 is 5.97 Å². The Kier molecular flexibility index (Phi) is 7.61. The Balaban J connectivity index is 1.22. The number of carbonyl (C=O) groups excluding carboxylic acids is 1. The van der Waals surface area contributed by atoms with Gasteiger partial charge in [-0.1, -0.05) is 30.3 Å². The summed E-state index contributed by atoms with van der Waals surface area (Å²) in [5.74, 6) is 0.310. The molecule has 42 heavy (non-hydrogen) atoms. The van der Waals surface area contributed by atoms with Crippen LogP contribution in [0.3, 0.4) is 0 Å². The molecule has 0 radical (unpaired) electrons. The largest absolute Gasteiger partial charge is 0.473 e. The minimum atomic E-state index is -0.432. The maximum Gasteiger partial charge on any atom is 0.337 e. The van der Waals surface area contributed by atoms with Crippen LogP contribution < -0.4 is 4.74 Å². The molecule has 0 bridgehead atoms. The zero-order valence-electron chi connectivity index (χ0n) is 23.1. The molecule has 212 valence electrons. The van der Waals surface area contributed by atoms with Crippen molar-refractivity contribution in [3.05, 3.63) is 107 Å². The van der Waals surface area contributed by atoms with Crippen LogP contribution in [0.1, 0.15) is 27.3 Å². The van der Waals surface area contributed by atoms with Crippen LogP contribution in [0.25, 0.3) is 33.2 Å². The molecule has 6 rings (SSSR count). The molecule has 6 aromatic rings. The molecule has 0 aliphatic carbocycles. The number of hydrogen-bond donors (Lipinski definition) is 1. The molecule has 10 heteroatoms. The van der Waals surface area contributed by atoms with E-state index in [-0.39, 0.29) is 12.2 Å². The second-order valence-electron chi connectivity index (χ2n) is 9.79. The zero-order valence-corrected chi connectivity index (χ0v) is 23.1. The molecule has 0 saturated heterocycles. The summed E-state index contributed by atoms with van der Waals surface area (Å²) >= 11 is 0. The van der Waals surface area contributed by atoms with Gasteiger partial charge in [0.2, 0.25) is 5.88 Å². The number of pyridine rings is 1. The molecule has 0 aliphatic heterocycles. The van der Waals surface area contributed by atoms with Gasteiger partial charge in [0.15, 0.2) is 0 Å². The predicted molar refractivity (Wildman–Crippen MR) is 156 cm³/mol. The number of halogens is 1. The highest BCUT2D eigenvalue weighted by Gasteiger charge is 2.17. The minimum absolute atomic E-state index is 0.259. The van der Waals surface area contributed by atoms with Crippen molar-refractivity contribution >= 4 is 27.9 Å². The first-order chi connectivity index (χ1) is 20.5. The maximum absolute atomic E-state index is 15.5. The fraction of sp³-hybridized carbons (Fsp3) is 0.188. The summed E-state index contributed by atoms with van der Waals surface area (Å²) in [6, 6.07) is 21.6. The number of ether oxygens (including phenoxy) is 3. The topological polar surface area (TPSA) is 104 Å². The van der Waals surface area contributed by atoms with Crippen LogP contribution in [0.15, 0.2) is 79.0 Å². The molecular formula is C32H28FN5O4. The summed E-state index contributed by atoms with van der Waals surface area (Å²) < 4.78 is 33.5. The van der Waals surface area contributed by atoms with Crippen LogP contribution in [0, 0.1) is 5.82 Å². The van der Waals surface area contributed by atoms with E-state index in [2.05, 4.69) is 15.2 Å². The van der Waals surface area contributed by atoms with E-state index in [9.17, 15) is 4.79 Å². The van der Waals surface area contributed by atoms with Crippen molar-refractivity contribution in [3.8, 4) is 17.1 Å². The van der Waals surface area contributed by atoms with E-state index < -0.39 is 5.97 Å². The molecule has 0 unspecified atom stereocenters. The first-order valence-electron chi connectivity index (χ1n) is 13.4. The fourth-order valence-electron chi connectivity index (χ4n) is 4.89. The summed E-state index contributed by atoms with van der Waals surface area (Å²) in [4.78, 5) is 21.4. The monoisotopic (exact) mass is 565 g/mol. The van der Waals surface area contributed by atoms with Gasteiger partial charge < -0.3 is 18.8 Å². The predicted octanol–water partition coefficient (Wildman–Crippen LogP) is 5.72. The van der Waals surface area contributed by atoms with E-state index >= 15 is 4.39 Å². The van der Waals surface area contributed by atoms with Crippen molar-refractivity contribution < 1.29 is 23.4 Å². The number of benzene rings is 3. The number of H-pyrrole nitrogens is 1. The quantitative estimate of drug-likeness (QED) is 0.212. The number of aromatic amines is 1. The van der Waals surface area contributed by atoms with Crippen LogP contribution in [0.5, 0.6) is 5.88 Å². The van der Waals surface area contributed by atoms with Gasteiger partial charge in [0.1, 0.15) is 18.2 Å². The lowest BCUT2D eigenvalue weighted by molar-refractivity contribution is 0.0601. The number of esters is 1. The summed E-state index contributed by atoms with van der Waals surface area (Å²) in [5.41, 5.74) is 5.52. The lowest BCUT2D eigenvalue weighted by atomic mass is 10.1. The van der Waals surface area contributed by atoms with Gasteiger partial charge in [-0.05, 0) is 47.5 Å². The van der Waals surface area contributed by atoms with Crippen molar-refractivity contribution in [2.75, 3.05) is 20.8 Å².